The van der Waals surface area contributed by atoms with Gasteiger partial charge in [-0.2, -0.15) is 0 Å². The Balaban J connectivity index is 2.11. The van der Waals surface area contributed by atoms with Gasteiger partial charge >= 0.3 is 0 Å². The van der Waals surface area contributed by atoms with Gasteiger partial charge in [-0.15, -0.1) is 0 Å². The van der Waals surface area contributed by atoms with E-state index in [9.17, 15) is 22.4 Å². The summed E-state index contributed by atoms with van der Waals surface area (Å²) in [6.45, 7) is 1.72. The monoisotopic (exact) mass is 440 g/mol. The van der Waals surface area contributed by atoms with E-state index in [2.05, 4.69) is 10.6 Å². The zero-order valence-corrected chi connectivity index (χ0v) is 17.6. The Morgan fingerprint density at radius 1 is 1.17 bits per heavy atom. The molecule has 0 aliphatic heterocycles. The third-order valence-corrected chi connectivity index (χ3v) is 5.51. The fraction of sp³-hybridized carbons (Fsp3) is 0.300. The predicted molar refractivity (Wildman–Crippen MR) is 110 cm³/mol. The van der Waals surface area contributed by atoms with Crippen LogP contribution in [-0.2, 0) is 21.2 Å². The lowest BCUT2D eigenvalue weighted by Crippen LogP contribution is -2.47. The molecule has 1 unspecified atom stereocenters. The lowest BCUT2D eigenvalue weighted by atomic mass is 10.1. The van der Waals surface area contributed by atoms with Crippen LogP contribution in [0.4, 0.5) is 4.39 Å². The van der Waals surface area contributed by atoms with Crippen molar-refractivity contribution in [2.75, 3.05) is 12.0 Å². The number of sulfone groups is 1. The Bertz CT molecular complexity index is 1010. The minimum absolute atomic E-state index is 0.0939. The quantitative estimate of drug-likeness (QED) is 0.660. The summed E-state index contributed by atoms with van der Waals surface area (Å²) in [5.74, 6) is -1.75. The third-order valence-electron chi connectivity index (χ3n) is 4.21. The Morgan fingerprint density at radius 3 is 2.48 bits per heavy atom. The molecule has 0 heterocycles. The highest BCUT2D eigenvalue weighted by atomic mass is 35.5. The molecule has 0 aliphatic carbocycles. The van der Waals surface area contributed by atoms with E-state index in [0.717, 1.165) is 6.26 Å². The van der Waals surface area contributed by atoms with Crippen LogP contribution in [0.15, 0.2) is 42.5 Å². The van der Waals surface area contributed by atoms with Crippen LogP contribution < -0.4 is 10.6 Å². The van der Waals surface area contributed by atoms with E-state index in [-0.39, 0.29) is 35.1 Å². The zero-order chi connectivity index (χ0) is 21.6. The van der Waals surface area contributed by atoms with Crippen LogP contribution in [-0.4, -0.2) is 38.3 Å². The minimum Gasteiger partial charge on any atom is -0.350 e. The van der Waals surface area contributed by atoms with E-state index in [0.29, 0.717) is 11.1 Å². The molecule has 29 heavy (non-hydrogen) atoms. The first kappa shape index (κ1) is 22.8. The lowest BCUT2D eigenvalue weighted by Gasteiger charge is -2.19. The first-order valence-corrected chi connectivity index (χ1v) is 11.3. The van der Waals surface area contributed by atoms with Gasteiger partial charge in [0, 0.05) is 12.8 Å². The number of nitrogens with one attached hydrogen (secondary N) is 2. The van der Waals surface area contributed by atoms with Crippen LogP contribution in [0.3, 0.4) is 0 Å². The summed E-state index contributed by atoms with van der Waals surface area (Å²) < 4.78 is 36.4. The van der Waals surface area contributed by atoms with E-state index in [1.54, 1.807) is 31.2 Å². The number of benzene rings is 2. The van der Waals surface area contributed by atoms with Gasteiger partial charge in [0.05, 0.1) is 16.3 Å². The number of rotatable bonds is 8. The molecule has 0 spiro atoms. The number of hydrogen-bond acceptors (Lipinski definition) is 4. The van der Waals surface area contributed by atoms with Crippen molar-refractivity contribution >= 4 is 33.3 Å². The first-order valence-electron chi connectivity index (χ1n) is 8.82. The molecule has 0 saturated heterocycles. The molecule has 156 valence electrons. The number of aryl methyl sites for hydroxylation is 1. The van der Waals surface area contributed by atoms with Gasteiger partial charge in [0.2, 0.25) is 5.91 Å². The molecular formula is C20H22ClFN2O4S. The van der Waals surface area contributed by atoms with Gasteiger partial charge in [0.15, 0.2) is 0 Å². The average Bonchev–Trinajstić information content (AvgIpc) is 2.65. The SMILES string of the molecule is Cc1cc(CNC(=O)C(CCS(C)(=O)=O)NC(=O)c2ccccc2Cl)ccc1F. The average molecular weight is 441 g/mol. The van der Waals surface area contributed by atoms with Crippen LogP contribution in [0.5, 0.6) is 0 Å². The number of halogens is 2. The van der Waals surface area contributed by atoms with Crippen molar-refractivity contribution in [2.45, 2.75) is 25.9 Å². The smallest absolute Gasteiger partial charge is 0.253 e. The highest BCUT2D eigenvalue weighted by Crippen LogP contribution is 2.15. The summed E-state index contributed by atoms with van der Waals surface area (Å²) in [7, 11) is -3.34. The normalized spacial score (nSPS) is 12.3. The molecule has 2 rings (SSSR count). The van der Waals surface area contributed by atoms with Gasteiger partial charge in [-0.1, -0.05) is 35.9 Å². The second kappa shape index (κ2) is 9.84. The molecular weight excluding hydrogens is 419 g/mol. The van der Waals surface area contributed by atoms with Crippen molar-refractivity contribution in [1.82, 2.24) is 10.6 Å². The standard InChI is InChI=1S/C20H22ClFN2O4S/c1-13-11-14(7-8-17(13)22)12-23-20(26)18(9-10-29(2,27)28)24-19(25)15-5-3-4-6-16(15)21/h3-8,11,18H,9-10,12H2,1-2H3,(H,23,26)(H,24,25). The van der Waals surface area contributed by atoms with Gasteiger partial charge in [-0.05, 0) is 42.7 Å². The van der Waals surface area contributed by atoms with Crippen molar-refractivity contribution < 1.29 is 22.4 Å². The summed E-state index contributed by atoms with van der Waals surface area (Å²) in [4.78, 5) is 25.1. The molecule has 6 nitrogen and oxygen atoms in total. The van der Waals surface area contributed by atoms with Crippen molar-refractivity contribution in [2.24, 2.45) is 0 Å². The molecule has 2 amide bonds. The Labute approximate surface area is 174 Å². The fourth-order valence-electron chi connectivity index (χ4n) is 2.61. The molecule has 0 aromatic heterocycles. The van der Waals surface area contributed by atoms with Gasteiger partial charge in [0.25, 0.3) is 5.91 Å². The Kier molecular flexibility index (Phi) is 7.75. The van der Waals surface area contributed by atoms with Crippen molar-refractivity contribution in [3.05, 3.63) is 70.0 Å². The van der Waals surface area contributed by atoms with Crippen molar-refractivity contribution in [1.29, 1.82) is 0 Å². The minimum atomic E-state index is -3.34. The first-order chi connectivity index (χ1) is 13.6. The number of hydrogen-bond donors (Lipinski definition) is 2. The lowest BCUT2D eigenvalue weighted by molar-refractivity contribution is -0.123. The van der Waals surface area contributed by atoms with Crippen LogP contribution in [0.1, 0.15) is 27.9 Å². The highest BCUT2D eigenvalue weighted by molar-refractivity contribution is 7.90. The summed E-state index contributed by atoms with van der Waals surface area (Å²) in [5, 5.41) is 5.41. The predicted octanol–water partition coefficient (Wildman–Crippen LogP) is 2.64. The van der Waals surface area contributed by atoms with Crippen molar-refractivity contribution in [3.63, 3.8) is 0 Å². The van der Waals surface area contributed by atoms with Crippen LogP contribution in [0.2, 0.25) is 5.02 Å². The molecule has 0 aliphatic rings. The maximum absolute atomic E-state index is 13.4. The van der Waals surface area contributed by atoms with Crippen molar-refractivity contribution in [3.8, 4) is 0 Å². The number of amides is 2. The van der Waals surface area contributed by atoms with Crippen LogP contribution >= 0.6 is 11.6 Å². The molecule has 2 aromatic rings. The number of carbonyl (C=O) groups is 2. The molecule has 2 aromatic carbocycles. The maximum Gasteiger partial charge on any atom is 0.253 e. The summed E-state index contributed by atoms with van der Waals surface area (Å²) in [6, 6.07) is 9.71. The summed E-state index contributed by atoms with van der Waals surface area (Å²) >= 11 is 6.01. The van der Waals surface area contributed by atoms with E-state index in [1.165, 1.54) is 18.2 Å². The highest BCUT2D eigenvalue weighted by Gasteiger charge is 2.23. The molecule has 9 heteroatoms. The fourth-order valence-corrected chi connectivity index (χ4v) is 3.50. The molecule has 0 bridgehead atoms. The molecule has 1 atom stereocenters. The second-order valence-corrected chi connectivity index (χ2v) is 9.39. The number of carbonyl (C=O) groups excluding carboxylic acids is 2. The van der Waals surface area contributed by atoms with E-state index >= 15 is 0 Å². The molecule has 0 fully saturated rings. The largest absolute Gasteiger partial charge is 0.350 e. The Morgan fingerprint density at radius 2 is 1.86 bits per heavy atom. The van der Waals surface area contributed by atoms with Gasteiger partial charge in [0.1, 0.15) is 21.7 Å². The third kappa shape index (κ3) is 7.14. The molecule has 2 N–H and O–H groups in total. The van der Waals surface area contributed by atoms with E-state index in [1.807, 2.05) is 0 Å². The van der Waals surface area contributed by atoms with Crippen LogP contribution in [0.25, 0.3) is 0 Å². The van der Waals surface area contributed by atoms with E-state index in [4.69, 9.17) is 11.6 Å². The second-order valence-electron chi connectivity index (χ2n) is 6.73. The maximum atomic E-state index is 13.4. The van der Waals surface area contributed by atoms with Gasteiger partial charge < -0.3 is 10.6 Å². The van der Waals surface area contributed by atoms with Crippen LogP contribution in [0, 0.1) is 12.7 Å². The van der Waals surface area contributed by atoms with Gasteiger partial charge in [-0.3, -0.25) is 9.59 Å². The van der Waals surface area contributed by atoms with Gasteiger partial charge in [-0.25, -0.2) is 12.8 Å². The van der Waals surface area contributed by atoms with E-state index < -0.39 is 27.7 Å². The molecule has 0 saturated carbocycles. The Hall–Kier alpha value is -2.45. The summed E-state index contributed by atoms with van der Waals surface area (Å²) in [6.07, 6.45) is 0.961. The zero-order valence-electron chi connectivity index (χ0n) is 16.0. The topological polar surface area (TPSA) is 92.3 Å². The molecule has 0 radical (unpaired) electrons. The summed E-state index contributed by atoms with van der Waals surface area (Å²) in [5.41, 5.74) is 1.30.